The normalized spacial score (nSPS) is 11.5. The Morgan fingerprint density at radius 3 is 1.69 bits per heavy atom. The molecule has 0 unspecified atom stereocenters. The smallest absolute Gasteiger partial charge is 0.365 e. The minimum Gasteiger partial charge on any atom is -0.365 e. The Balaban J connectivity index is 0.000000169. The third-order valence-corrected chi connectivity index (χ3v) is 8.37. The third kappa shape index (κ3) is 9.15. The first kappa shape index (κ1) is 34.6. The summed E-state index contributed by atoms with van der Waals surface area (Å²) < 4.78 is 77.1. The molecule has 17 heteroatoms. The topological polar surface area (TPSA) is 89.6 Å². The monoisotopic (exact) mass is 722 g/mol. The predicted octanol–water partition coefficient (Wildman–Crippen LogP) is 10.1. The van der Waals surface area contributed by atoms with Crippen LogP contribution in [0.3, 0.4) is 0 Å². The largest absolute Gasteiger partial charge is 0.416 e. The third-order valence-electron chi connectivity index (χ3n) is 5.82. The Morgan fingerprint density at radius 1 is 0.644 bits per heavy atom. The molecule has 45 heavy (non-hydrogen) atoms. The van der Waals surface area contributed by atoms with Crippen LogP contribution in [0.15, 0.2) is 71.4 Å². The average Bonchev–Trinajstić information content (AvgIpc) is 3.66. The molecule has 0 spiro atoms. The van der Waals surface area contributed by atoms with Crippen LogP contribution in [-0.4, -0.2) is 19.9 Å². The van der Waals surface area contributed by atoms with Gasteiger partial charge in [0.2, 0.25) is 10.6 Å². The molecule has 236 valence electrons. The molecule has 0 fully saturated rings. The number of anilines is 1. The van der Waals surface area contributed by atoms with Gasteiger partial charge in [0.05, 0.1) is 31.6 Å². The first-order chi connectivity index (χ1) is 21.3. The molecule has 0 saturated heterocycles. The van der Waals surface area contributed by atoms with Crippen LogP contribution >= 0.6 is 57.5 Å². The van der Waals surface area contributed by atoms with E-state index in [1.807, 2.05) is 16.8 Å². The molecule has 0 radical (unpaired) electrons. The molecule has 6 nitrogen and oxygen atoms in total. The van der Waals surface area contributed by atoms with Gasteiger partial charge in [0, 0.05) is 13.1 Å². The van der Waals surface area contributed by atoms with Crippen molar-refractivity contribution in [2.24, 2.45) is 5.73 Å². The lowest BCUT2D eigenvalue weighted by Crippen LogP contribution is -2.12. The van der Waals surface area contributed by atoms with Gasteiger partial charge in [-0.1, -0.05) is 48.0 Å². The molecule has 6 aromatic rings. The van der Waals surface area contributed by atoms with Crippen LogP contribution in [0.2, 0.25) is 15.7 Å². The van der Waals surface area contributed by atoms with Gasteiger partial charge >= 0.3 is 12.4 Å². The van der Waals surface area contributed by atoms with Gasteiger partial charge in [-0.3, -0.25) is 0 Å². The highest BCUT2D eigenvalue weighted by molar-refractivity contribution is 7.18. The summed E-state index contributed by atoms with van der Waals surface area (Å²) in [7, 11) is 0. The molecule has 0 amide bonds. The van der Waals surface area contributed by atoms with E-state index in [4.69, 9.17) is 40.5 Å². The van der Waals surface area contributed by atoms with Crippen LogP contribution in [0.4, 0.5) is 32.2 Å². The lowest BCUT2D eigenvalue weighted by molar-refractivity contribution is -0.139. The fourth-order valence-electron chi connectivity index (χ4n) is 3.86. The Hall–Kier alpha value is -3.27. The van der Waals surface area contributed by atoms with Crippen molar-refractivity contribution in [3.8, 4) is 0 Å². The van der Waals surface area contributed by atoms with Gasteiger partial charge in [0.15, 0.2) is 5.15 Å². The number of thiophene rings is 2. The number of halogens is 9. The summed E-state index contributed by atoms with van der Waals surface area (Å²) in [6.07, 6.45) is -8.68. The molecule has 3 N–H and O–H groups in total. The number of hydrogen-bond acceptors (Lipinski definition) is 8. The minimum absolute atomic E-state index is 0.00394. The molecule has 2 aromatic carbocycles. The van der Waals surface area contributed by atoms with Crippen molar-refractivity contribution >= 4 is 83.7 Å². The van der Waals surface area contributed by atoms with E-state index in [2.05, 4.69) is 25.3 Å². The molecule has 0 aliphatic rings. The van der Waals surface area contributed by atoms with Crippen LogP contribution in [-0.2, 0) is 25.4 Å². The number of fused-ring (bicyclic) bond motifs is 2. The van der Waals surface area contributed by atoms with E-state index in [1.165, 1.54) is 53.0 Å². The highest BCUT2D eigenvalue weighted by Gasteiger charge is 2.33. The maximum atomic E-state index is 13.0. The second-order valence-corrected chi connectivity index (χ2v) is 11.6. The van der Waals surface area contributed by atoms with E-state index in [-0.39, 0.29) is 34.8 Å². The summed E-state index contributed by atoms with van der Waals surface area (Å²) in [6, 6.07) is 14.4. The van der Waals surface area contributed by atoms with Gasteiger partial charge < -0.3 is 11.1 Å². The number of nitrogens with one attached hydrogen (secondary N) is 1. The Morgan fingerprint density at radius 2 is 1.13 bits per heavy atom. The van der Waals surface area contributed by atoms with Crippen molar-refractivity contribution in [1.29, 1.82) is 0 Å². The maximum Gasteiger partial charge on any atom is 0.416 e. The van der Waals surface area contributed by atoms with Gasteiger partial charge in [0.1, 0.15) is 5.82 Å². The Kier molecular flexibility index (Phi) is 11.4. The standard InChI is InChI=1S/C14H9ClF3N3S.C8H8F3N.C6H2Cl2N2S/c15-13-20-10-5-6-22-11(10)12(21-13)19-7-8-3-1-2-4-9(8)14(16,17)18;9-8(10,11)7-4-2-1-3-6(7)5-12;7-5-4-3(1-2-11-4)9-6(8)10-5/h1-6H,7H2,(H,19,20,21);1-4H,5,12H2;1-2H. The molecule has 0 atom stereocenters. The number of nitrogens with two attached hydrogens (primary N) is 1. The van der Waals surface area contributed by atoms with Gasteiger partial charge in [-0.25, -0.2) is 15.0 Å². The number of rotatable bonds is 4. The number of benzene rings is 2. The molecular weight excluding hydrogens is 705 g/mol. The van der Waals surface area contributed by atoms with Crippen LogP contribution in [0.5, 0.6) is 0 Å². The maximum absolute atomic E-state index is 13.0. The van der Waals surface area contributed by atoms with E-state index in [0.29, 0.717) is 16.5 Å². The quantitative estimate of drug-likeness (QED) is 0.107. The van der Waals surface area contributed by atoms with E-state index in [0.717, 1.165) is 27.0 Å². The SMILES string of the molecule is Clc1nc(Cl)c2sccc2n1.FC(F)(F)c1ccccc1CNc1nc(Cl)nc2ccsc12.NCc1ccccc1C(F)(F)F. The van der Waals surface area contributed by atoms with Crippen molar-refractivity contribution in [1.82, 2.24) is 19.9 Å². The molecule has 0 saturated carbocycles. The van der Waals surface area contributed by atoms with E-state index >= 15 is 0 Å². The van der Waals surface area contributed by atoms with Crippen LogP contribution in [0, 0.1) is 0 Å². The highest BCUT2D eigenvalue weighted by Crippen LogP contribution is 2.34. The first-order valence-corrected chi connectivity index (χ1v) is 15.4. The summed E-state index contributed by atoms with van der Waals surface area (Å²) in [4.78, 5) is 15.9. The van der Waals surface area contributed by atoms with Gasteiger partial charge in [-0.05, 0) is 69.4 Å². The van der Waals surface area contributed by atoms with Gasteiger partial charge in [0.25, 0.3) is 0 Å². The first-order valence-electron chi connectivity index (χ1n) is 12.5. The van der Waals surface area contributed by atoms with Crippen molar-refractivity contribution in [3.05, 3.63) is 109 Å². The number of hydrogen-bond donors (Lipinski definition) is 2. The summed E-state index contributed by atoms with van der Waals surface area (Å²) in [5.74, 6) is 0.432. The highest BCUT2D eigenvalue weighted by atomic mass is 35.5. The minimum atomic E-state index is -4.39. The number of nitrogens with zero attached hydrogens (tertiary/aromatic N) is 4. The summed E-state index contributed by atoms with van der Waals surface area (Å²) >= 11 is 20.1. The fraction of sp³-hybridized carbons (Fsp3) is 0.143. The van der Waals surface area contributed by atoms with E-state index < -0.39 is 23.5 Å². The molecule has 4 heterocycles. The van der Waals surface area contributed by atoms with E-state index in [9.17, 15) is 26.3 Å². The van der Waals surface area contributed by atoms with Gasteiger partial charge in [-0.2, -0.15) is 31.3 Å². The fourth-order valence-corrected chi connectivity index (χ4v) is 6.07. The second-order valence-electron chi connectivity index (χ2n) is 8.76. The Labute approximate surface area is 274 Å². The molecule has 0 aliphatic heterocycles. The summed E-state index contributed by atoms with van der Waals surface area (Å²) in [6.45, 7) is -0.0916. The molecule has 6 rings (SSSR count). The summed E-state index contributed by atoms with van der Waals surface area (Å²) in [5, 5.41) is 7.32. The second kappa shape index (κ2) is 14.9. The van der Waals surface area contributed by atoms with Crippen molar-refractivity contribution in [2.45, 2.75) is 25.4 Å². The summed E-state index contributed by atoms with van der Waals surface area (Å²) in [5.41, 5.74) is 5.59. The van der Waals surface area contributed by atoms with Crippen molar-refractivity contribution in [2.75, 3.05) is 5.32 Å². The zero-order valence-electron chi connectivity index (χ0n) is 22.4. The molecule has 4 aromatic heterocycles. The molecule has 0 aliphatic carbocycles. The van der Waals surface area contributed by atoms with Crippen molar-refractivity contribution in [3.63, 3.8) is 0 Å². The lowest BCUT2D eigenvalue weighted by Gasteiger charge is -2.13. The predicted molar refractivity (Wildman–Crippen MR) is 168 cm³/mol. The molecular formula is C28H19Cl3F6N6S2. The van der Waals surface area contributed by atoms with Gasteiger partial charge in [-0.15, -0.1) is 22.7 Å². The number of aromatic nitrogens is 4. The van der Waals surface area contributed by atoms with Crippen LogP contribution in [0.25, 0.3) is 20.4 Å². The van der Waals surface area contributed by atoms with E-state index in [1.54, 1.807) is 12.1 Å². The average molecular weight is 724 g/mol. The lowest BCUT2D eigenvalue weighted by atomic mass is 10.1. The zero-order valence-corrected chi connectivity index (χ0v) is 26.3. The Bertz CT molecular complexity index is 1890. The zero-order chi connectivity index (χ0) is 32.8. The molecule has 0 bridgehead atoms. The number of alkyl halides is 6. The van der Waals surface area contributed by atoms with Crippen LogP contribution in [0.1, 0.15) is 22.3 Å². The van der Waals surface area contributed by atoms with Crippen LogP contribution < -0.4 is 11.1 Å². The van der Waals surface area contributed by atoms with Crippen molar-refractivity contribution < 1.29 is 26.3 Å².